The molecule has 0 radical (unpaired) electrons. The molecule has 106 valence electrons. The number of aromatic amines is 1. The number of carbonyl (C=O) groups excluding carboxylic acids is 2. The third-order valence-corrected chi connectivity index (χ3v) is 2.89. The van der Waals surface area contributed by atoms with Crippen molar-refractivity contribution < 1.29 is 14.3 Å². The van der Waals surface area contributed by atoms with Crippen LogP contribution in [0.1, 0.15) is 13.3 Å². The van der Waals surface area contributed by atoms with Crippen LogP contribution in [0.3, 0.4) is 0 Å². The topological polar surface area (TPSA) is 83.2 Å². The Labute approximate surface area is 116 Å². The molecular formula is C14H17N3O3. The van der Waals surface area contributed by atoms with Crippen molar-refractivity contribution in [3.05, 3.63) is 30.5 Å². The lowest BCUT2D eigenvalue weighted by Gasteiger charge is -2.13. The Morgan fingerprint density at radius 1 is 1.35 bits per heavy atom. The molecule has 1 aromatic heterocycles. The molecule has 2 amide bonds. The van der Waals surface area contributed by atoms with Gasteiger partial charge >= 0.3 is 12.0 Å². The number of nitrogens with one attached hydrogen (secondary N) is 3. The fourth-order valence-electron chi connectivity index (χ4n) is 1.91. The van der Waals surface area contributed by atoms with E-state index in [-0.39, 0.29) is 24.5 Å². The van der Waals surface area contributed by atoms with Gasteiger partial charge in [-0.15, -0.1) is 0 Å². The van der Waals surface area contributed by atoms with E-state index in [9.17, 15) is 9.59 Å². The van der Waals surface area contributed by atoms with Crippen molar-refractivity contribution >= 4 is 28.6 Å². The molecule has 0 saturated carbocycles. The van der Waals surface area contributed by atoms with Crippen molar-refractivity contribution in [3.8, 4) is 0 Å². The van der Waals surface area contributed by atoms with E-state index in [0.29, 0.717) is 5.69 Å². The first-order chi connectivity index (χ1) is 9.58. The van der Waals surface area contributed by atoms with E-state index in [2.05, 4.69) is 20.4 Å². The molecule has 0 aliphatic carbocycles. The number of aromatic nitrogens is 1. The average molecular weight is 275 g/mol. The minimum Gasteiger partial charge on any atom is -0.469 e. The van der Waals surface area contributed by atoms with Crippen LogP contribution in [0.25, 0.3) is 10.9 Å². The molecule has 2 rings (SSSR count). The summed E-state index contributed by atoms with van der Waals surface area (Å²) >= 11 is 0. The summed E-state index contributed by atoms with van der Waals surface area (Å²) in [7, 11) is 1.32. The standard InChI is InChI=1S/C14H17N3O3/c1-9(7-13(18)20-2)16-14(19)17-11-3-4-12-10(8-11)5-6-15-12/h3-6,8-9,15H,7H2,1-2H3,(H2,16,17,19)/t9-/m1/s1. The molecule has 0 aliphatic heterocycles. The van der Waals surface area contributed by atoms with E-state index in [0.717, 1.165) is 10.9 Å². The highest BCUT2D eigenvalue weighted by Crippen LogP contribution is 2.17. The zero-order chi connectivity index (χ0) is 14.5. The number of ether oxygens (including phenoxy) is 1. The Kier molecular flexibility index (Phi) is 4.24. The van der Waals surface area contributed by atoms with Gasteiger partial charge < -0.3 is 20.4 Å². The van der Waals surface area contributed by atoms with Gasteiger partial charge in [0.15, 0.2) is 0 Å². The second-order valence-electron chi connectivity index (χ2n) is 4.56. The zero-order valence-corrected chi connectivity index (χ0v) is 11.4. The Hall–Kier alpha value is -2.50. The van der Waals surface area contributed by atoms with Crippen LogP contribution in [0.4, 0.5) is 10.5 Å². The third kappa shape index (κ3) is 3.50. The van der Waals surface area contributed by atoms with E-state index in [1.54, 1.807) is 6.92 Å². The molecule has 0 spiro atoms. The summed E-state index contributed by atoms with van der Waals surface area (Å²) in [6, 6.07) is 6.86. The van der Waals surface area contributed by atoms with Crippen LogP contribution in [0.15, 0.2) is 30.5 Å². The Bertz CT molecular complexity index is 621. The number of H-pyrrole nitrogens is 1. The second kappa shape index (κ2) is 6.10. The number of hydrogen-bond acceptors (Lipinski definition) is 3. The molecule has 0 fully saturated rings. The molecule has 6 nitrogen and oxygen atoms in total. The maximum atomic E-state index is 11.8. The van der Waals surface area contributed by atoms with Gasteiger partial charge in [0, 0.05) is 28.8 Å². The van der Waals surface area contributed by atoms with E-state index in [1.165, 1.54) is 7.11 Å². The normalized spacial score (nSPS) is 11.9. The number of methoxy groups -OCH3 is 1. The lowest BCUT2D eigenvalue weighted by atomic mass is 10.2. The number of benzene rings is 1. The molecule has 1 aromatic carbocycles. The molecule has 3 N–H and O–H groups in total. The number of esters is 1. The molecule has 20 heavy (non-hydrogen) atoms. The highest BCUT2D eigenvalue weighted by molar-refractivity contribution is 5.93. The molecular weight excluding hydrogens is 258 g/mol. The van der Waals surface area contributed by atoms with Crippen molar-refractivity contribution in [1.29, 1.82) is 0 Å². The highest BCUT2D eigenvalue weighted by Gasteiger charge is 2.12. The first-order valence-corrected chi connectivity index (χ1v) is 6.30. The van der Waals surface area contributed by atoms with Crippen molar-refractivity contribution in [2.75, 3.05) is 12.4 Å². The molecule has 0 aliphatic rings. The summed E-state index contributed by atoms with van der Waals surface area (Å²) in [6.45, 7) is 1.74. The van der Waals surface area contributed by atoms with Crippen LogP contribution in [0, 0.1) is 0 Å². The number of urea groups is 1. The van der Waals surface area contributed by atoms with Gasteiger partial charge in [0.2, 0.25) is 0 Å². The van der Waals surface area contributed by atoms with Gasteiger partial charge in [0.1, 0.15) is 0 Å². The van der Waals surface area contributed by atoms with Gasteiger partial charge in [-0.25, -0.2) is 4.79 Å². The molecule has 0 bridgehead atoms. The number of fused-ring (bicyclic) bond motifs is 1. The van der Waals surface area contributed by atoms with Gasteiger partial charge in [0.25, 0.3) is 0 Å². The SMILES string of the molecule is COC(=O)C[C@@H](C)NC(=O)Nc1ccc2[nH]ccc2c1. The lowest BCUT2D eigenvalue weighted by molar-refractivity contribution is -0.141. The predicted molar refractivity (Wildman–Crippen MR) is 76.5 cm³/mol. The van der Waals surface area contributed by atoms with Crippen molar-refractivity contribution in [3.63, 3.8) is 0 Å². The number of rotatable bonds is 4. The molecule has 0 saturated heterocycles. The number of amides is 2. The van der Waals surface area contributed by atoms with Gasteiger partial charge in [-0.2, -0.15) is 0 Å². The molecule has 6 heteroatoms. The summed E-state index contributed by atoms with van der Waals surface area (Å²) in [5, 5.41) is 6.43. The first kappa shape index (κ1) is 13.9. The summed E-state index contributed by atoms with van der Waals surface area (Å²) in [5.74, 6) is -0.355. The maximum Gasteiger partial charge on any atom is 0.319 e. The van der Waals surface area contributed by atoms with E-state index < -0.39 is 0 Å². The molecule has 1 heterocycles. The van der Waals surface area contributed by atoms with Crippen LogP contribution < -0.4 is 10.6 Å². The fraction of sp³-hybridized carbons (Fsp3) is 0.286. The van der Waals surface area contributed by atoms with Gasteiger partial charge in [-0.3, -0.25) is 4.79 Å². The maximum absolute atomic E-state index is 11.8. The Morgan fingerprint density at radius 2 is 2.15 bits per heavy atom. The number of hydrogen-bond donors (Lipinski definition) is 3. The fourth-order valence-corrected chi connectivity index (χ4v) is 1.91. The largest absolute Gasteiger partial charge is 0.469 e. The van der Waals surface area contributed by atoms with E-state index >= 15 is 0 Å². The van der Waals surface area contributed by atoms with Crippen LogP contribution in [-0.4, -0.2) is 30.1 Å². The van der Waals surface area contributed by atoms with Gasteiger partial charge in [0.05, 0.1) is 13.5 Å². The molecule has 0 unspecified atom stereocenters. The van der Waals surface area contributed by atoms with Gasteiger partial charge in [-0.05, 0) is 31.2 Å². The smallest absolute Gasteiger partial charge is 0.319 e. The number of anilines is 1. The highest BCUT2D eigenvalue weighted by atomic mass is 16.5. The Morgan fingerprint density at radius 3 is 2.90 bits per heavy atom. The average Bonchev–Trinajstić information content (AvgIpc) is 2.85. The minimum absolute atomic E-state index is 0.140. The lowest BCUT2D eigenvalue weighted by Crippen LogP contribution is -2.37. The van der Waals surface area contributed by atoms with Crippen LogP contribution in [0.2, 0.25) is 0 Å². The minimum atomic E-state index is -0.355. The van der Waals surface area contributed by atoms with Gasteiger partial charge in [-0.1, -0.05) is 0 Å². The van der Waals surface area contributed by atoms with E-state index in [1.807, 2.05) is 30.5 Å². The summed E-state index contributed by atoms with van der Waals surface area (Å²) in [6.07, 6.45) is 1.98. The monoisotopic (exact) mass is 275 g/mol. The van der Waals surface area contributed by atoms with Crippen molar-refractivity contribution in [2.45, 2.75) is 19.4 Å². The summed E-state index contributed by atoms with van der Waals surface area (Å²) in [4.78, 5) is 25.9. The second-order valence-corrected chi connectivity index (χ2v) is 4.56. The predicted octanol–water partition coefficient (Wildman–Crippen LogP) is 2.24. The Balaban J connectivity index is 1.92. The zero-order valence-electron chi connectivity index (χ0n) is 11.4. The first-order valence-electron chi connectivity index (χ1n) is 6.30. The van der Waals surface area contributed by atoms with Crippen LogP contribution in [-0.2, 0) is 9.53 Å². The summed E-state index contributed by atoms with van der Waals surface area (Å²) in [5.41, 5.74) is 1.70. The van der Waals surface area contributed by atoms with Crippen LogP contribution >= 0.6 is 0 Å². The molecule has 2 aromatic rings. The quantitative estimate of drug-likeness (QED) is 0.748. The summed E-state index contributed by atoms with van der Waals surface area (Å²) < 4.78 is 4.55. The third-order valence-electron chi connectivity index (χ3n) is 2.89. The molecule has 1 atom stereocenters. The van der Waals surface area contributed by atoms with Crippen LogP contribution in [0.5, 0.6) is 0 Å². The number of carbonyl (C=O) groups is 2. The van der Waals surface area contributed by atoms with Crippen molar-refractivity contribution in [1.82, 2.24) is 10.3 Å². The van der Waals surface area contributed by atoms with Crippen molar-refractivity contribution in [2.24, 2.45) is 0 Å². The van der Waals surface area contributed by atoms with E-state index in [4.69, 9.17) is 0 Å².